The van der Waals surface area contributed by atoms with E-state index in [1.807, 2.05) is 68.6 Å². The van der Waals surface area contributed by atoms with Gasteiger partial charge in [-0.2, -0.15) is 0 Å². The van der Waals surface area contributed by atoms with E-state index in [1.165, 1.54) is 11.3 Å². The summed E-state index contributed by atoms with van der Waals surface area (Å²) >= 11 is 1.51. The number of cyclic esters (lactones) is 1. The third-order valence-corrected chi connectivity index (χ3v) is 4.96. The lowest BCUT2D eigenvalue weighted by Crippen LogP contribution is -2.44. The zero-order valence-electron chi connectivity index (χ0n) is 13.5. The molecule has 2 heterocycles. The van der Waals surface area contributed by atoms with Gasteiger partial charge in [-0.05, 0) is 17.0 Å². The quantitative estimate of drug-likeness (QED) is 0.873. The van der Waals surface area contributed by atoms with Crippen molar-refractivity contribution in [2.75, 3.05) is 0 Å². The Kier molecular flexibility index (Phi) is 4.04. The summed E-state index contributed by atoms with van der Waals surface area (Å²) in [5.41, 5.74) is 5.56. The molecule has 1 aliphatic rings. The van der Waals surface area contributed by atoms with Crippen molar-refractivity contribution in [3.8, 4) is 0 Å². The van der Waals surface area contributed by atoms with Crippen molar-refractivity contribution in [1.29, 1.82) is 0 Å². The fourth-order valence-corrected chi connectivity index (χ4v) is 3.48. The highest BCUT2D eigenvalue weighted by Crippen LogP contribution is 2.47. The monoisotopic (exact) mass is 331 g/mol. The summed E-state index contributed by atoms with van der Waals surface area (Å²) < 4.78 is 11.8. The lowest BCUT2D eigenvalue weighted by molar-refractivity contribution is -0.157. The van der Waals surface area contributed by atoms with Crippen molar-refractivity contribution in [3.05, 3.63) is 58.3 Å². The molecule has 0 radical (unpaired) electrons. The van der Waals surface area contributed by atoms with E-state index in [9.17, 15) is 4.79 Å². The van der Waals surface area contributed by atoms with Gasteiger partial charge in [-0.25, -0.2) is 4.79 Å². The van der Waals surface area contributed by atoms with Gasteiger partial charge in [0.15, 0.2) is 0 Å². The van der Waals surface area contributed by atoms with Crippen LogP contribution in [-0.4, -0.2) is 12.3 Å². The third kappa shape index (κ3) is 2.69. The van der Waals surface area contributed by atoms with Crippen LogP contribution in [-0.2, 0) is 19.9 Å². The zero-order valence-corrected chi connectivity index (χ0v) is 14.3. The molecule has 1 aromatic heterocycles. The Morgan fingerprint density at radius 2 is 1.87 bits per heavy atom. The van der Waals surface area contributed by atoms with E-state index in [2.05, 4.69) is 0 Å². The van der Waals surface area contributed by atoms with Crippen molar-refractivity contribution in [3.63, 3.8) is 0 Å². The highest BCUT2D eigenvalue weighted by molar-refractivity contribution is 7.10. The van der Waals surface area contributed by atoms with Gasteiger partial charge in [-0.15, -0.1) is 11.3 Å². The highest BCUT2D eigenvalue weighted by atomic mass is 32.1. The summed E-state index contributed by atoms with van der Waals surface area (Å²) in [5.74, 6) is -0.426. The van der Waals surface area contributed by atoms with Crippen molar-refractivity contribution in [1.82, 2.24) is 0 Å². The van der Waals surface area contributed by atoms with Gasteiger partial charge in [0.2, 0.25) is 11.9 Å². The number of benzene rings is 1. The molecule has 0 spiro atoms. The molecule has 23 heavy (non-hydrogen) atoms. The molecule has 2 N–H and O–H groups in total. The number of rotatable bonds is 3. The molecule has 1 aromatic carbocycles. The van der Waals surface area contributed by atoms with Gasteiger partial charge in [0.1, 0.15) is 0 Å². The van der Waals surface area contributed by atoms with Gasteiger partial charge in [-0.1, -0.05) is 57.2 Å². The molecule has 3 rings (SSSR count). The number of carbonyl (C=O) groups excluding carboxylic acids is 1. The zero-order chi connectivity index (χ0) is 16.7. The average molecular weight is 331 g/mol. The van der Waals surface area contributed by atoms with Gasteiger partial charge in [0.25, 0.3) is 0 Å². The van der Waals surface area contributed by atoms with Gasteiger partial charge in [-0.3, -0.25) is 0 Å². The molecule has 0 saturated carbocycles. The molecular weight excluding hydrogens is 310 g/mol. The number of hydrogen-bond donors (Lipinski definition) is 1. The van der Waals surface area contributed by atoms with Crippen molar-refractivity contribution in [2.45, 2.75) is 38.7 Å². The van der Waals surface area contributed by atoms with Gasteiger partial charge in [0.05, 0.1) is 6.04 Å². The van der Waals surface area contributed by atoms with Crippen LogP contribution >= 0.6 is 11.3 Å². The molecule has 0 aliphatic carbocycles. The fourth-order valence-electron chi connectivity index (χ4n) is 2.70. The van der Waals surface area contributed by atoms with Crippen LogP contribution in [0.4, 0.5) is 0 Å². The lowest BCUT2D eigenvalue weighted by atomic mass is 9.85. The molecule has 3 atom stereocenters. The topological polar surface area (TPSA) is 61.5 Å². The maximum absolute atomic E-state index is 12.9. The minimum absolute atomic E-state index is 0.332. The first-order valence-electron chi connectivity index (χ1n) is 7.59. The van der Waals surface area contributed by atoms with E-state index in [1.54, 1.807) is 0 Å². The Morgan fingerprint density at radius 3 is 2.39 bits per heavy atom. The van der Waals surface area contributed by atoms with Crippen LogP contribution in [0.25, 0.3) is 0 Å². The van der Waals surface area contributed by atoms with Crippen LogP contribution < -0.4 is 5.73 Å². The third-order valence-electron chi connectivity index (χ3n) is 4.01. The number of nitrogens with two attached hydrogens (primary N) is 1. The van der Waals surface area contributed by atoms with Crippen LogP contribution in [0.3, 0.4) is 0 Å². The first-order valence-corrected chi connectivity index (χ1v) is 8.47. The van der Waals surface area contributed by atoms with Gasteiger partial charge >= 0.3 is 5.97 Å². The Bertz CT molecular complexity index is 678. The molecule has 5 heteroatoms. The normalized spacial score (nSPS) is 26.1. The number of thiophene rings is 1. The number of ether oxygens (including phenoxy) is 2. The molecule has 122 valence electrons. The van der Waals surface area contributed by atoms with E-state index in [4.69, 9.17) is 15.2 Å². The number of carbonyl (C=O) groups is 1. The molecule has 2 aromatic rings. The van der Waals surface area contributed by atoms with Crippen molar-refractivity contribution in [2.24, 2.45) is 11.1 Å². The first kappa shape index (κ1) is 16.2. The maximum Gasteiger partial charge on any atom is 0.347 e. The molecule has 1 aliphatic heterocycles. The summed E-state index contributed by atoms with van der Waals surface area (Å²) in [6, 6.07) is 12.6. The molecule has 0 amide bonds. The summed E-state index contributed by atoms with van der Waals surface area (Å²) in [7, 11) is 0. The first-order chi connectivity index (χ1) is 10.9. The second-order valence-electron chi connectivity index (χ2n) is 6.82. The lowest BCUT2D eigenvalue weighted by Gasteiger charge is -2.32. The highest BCUT2D eigenvalue weighted by Gasteiger charge is 2.58. The van der Waals surface area contributed by atoms with E-state index < -0.39 is 23.9 Å². The molecule has 0 unspecified atom stereocenters. The second-order valence-corrected chi connectivity index (χ2v) is 7.80. The van der Waals surface area contributed by atoms with Crippen LogP contribution in [0.15, 0.2) is 47.8 Å². The largest absolute Gasteiger partial charge is 0.433 e. The van der Waals surface area contributed by atoms with E-state index in [0.717, 1.165) is 10.4 Å². The summed E-state index contributed by atoms with van der Waals surface area (Å²) in [6.07, 6.45) is -0.638. The van der Waals surface area contributed by atoms with E-state index in [0.29, 0.717) is 0 Å². The predicted molar refractivity (Wildman–Crippen MR) is 89.8 cm³/mol. The minimum atomic E-state index is -1.32. The summed E-state index contributed by atoms with van der Waals surface area (Å²) in [5, 5.41) is 1.94. The Labute approximate surface area is 140 Å². The molecule has 0 bridgehead atoms. The number of esters is 1. The number of hydrogen-bond acceptors (Lipinski definition) is 5. The average Bonchev–Trinajstić information content (AvgIpc) is 3.15. The fraction of sp³-hybridized carbons (Fsp3) is 0.389. The maximum atomic E-state index is 12.9. The Hall–Kier alpha value is -1.69. The van der Waals surface area contributed by atoms with Gasteiger partial charge in [0, 0.05) is 10.3 Å². The smallest absolute Gasteiger partial charge is 0.347 e. The van der Waals surface area contributed by atoms with Crippen LogP contribution in [0.2, 0.25) is 0 Å². The molecular formula is C18H21NO3S. The van der Waals surface area contributed by atoms with Gasteiger partial charge < -0.3 is 15.2 Å². The van der Waals surface area contributed by atoms with Crippen LogP contribution in [0, 0.1) is 5.41 Å². The Morgan fingerprint density at radius 1 is 1.17 bits per heavy atom. The van der Waals surface area contributed by atoms with E-state index in [-0.39, 0.29) is 5.41 Å². The van der Waals surface area contributed by atoms with Crippen molar-refractivity contribution < 1.29 is 14.3 Å². The summed E-state index contributed by atoms with van der Waals surface area (Å²) in [6.45, 7) is 5.92. The molecule has 1 fully saturated rings. The Balaban J connectivity index is 2.10. The standard InChI is InChI=1S/C18H21NO3S/c1-17(2,3)16-21-15(20)18(22-16,12-8-5-4-6-9-12)14(19)13-10-7-11-23-13/h4-11,14,16H,19H2,1-3H3/t14-,16+,18+/m0/s1. The van der Waals surface area contributed by atoms with Crippen molar-refractivity contribution >= 4 is 17.3 Å². The molecule has 4 nitrogen and oxygen atoms in total. The summed E-state index contributed by atoms with van der Waals surface area (Å²) in [4.78, 5) is 13.8. The second kappa shape index (κ2) is 5.74. The minimum Gasteiger partial charge on any atom is -0.433 e. The molecule has 1 saturated heterocycles. The van der Waals surface area contributed by atoms with Crippen LogP contribution in [0.1, 0.15) is 37.3 Å². The van der Waals surface area contributed by atoms with Crippen LogP contribution in [0.5, 0.6) is 0 Å². The van der Waals surface area contributed by atoms with E-state index >= 15 is 0 Å². The SMILES string of the molecule is CC(C)(C)[C@@H]1OC(=O)[C@@](c2ccccc2)([C@@H](N)c2cccs2)O1. The predicted octanol–water partition coefficient (Wildman–Crippen LogP) is 3.59.